The summed E-state index contributed by atoms with van der Waals surface area (Å²) in [5.41, 5.74) is 0.768. The van der Waals surface area contributed by atoms with Crippen LogP contribution >= 0.6 is 27.3 Å². The van der Waals surface area contributed by atoms with Gasteiger partial charge in [-0.2, -0.15) is 0 Å². The van der Waals surface area contributed by atoms with Crippen molar-refractivity contribution in [2.45, 2.75) is 45.1 Å². The molecule has 4 heteroatoms. The first-order chi connectivity index (χ1) is 8.16. The number of amides is 1. The lowest BCUT2D eigenvalue weighted by molar-refractivity contribution is 0.0919. The summed E-state index contributed by atoms with van der Waals surface area (Å²) < 4.78 is 1.01. The molecule has 1 aromatic rings. The molecule has 1 aliphatic rings. The smallest absolute Gasteiger partial charge is 0.252 e. The largest absolute Gasteiger partial charge is 0.349 e. The van der Waals surface area contributed by atoms with Gasteiger partial charge in [-0.25, -0.2) is 0 Å². The Morgan fingerprint density at radius 3 is 2.76 bits per heavy atom. The van der Waals surface area contributed by atoms with Crippen LogP contribution in [-0.4, -0.2) is 11.9 Å². The van der Waals surface area contributed by atoms with Gasteiger partial charge in [0.1, 0.15) is 0 Å². The van der Waals surface area contributed by atoms with Crippen molar-refractivity contribution in [3.63, 3.8) is 0 Å². The topological polar surface area (TPSA) is 29.1 Å². The number of thiophene rings is 1. The number of halogens is 1. The summed E-state index contributed by atoms with van der Waals surface area (Å²) in [4.78, 5) is 12.0. The van der Waals surface area contributed by atoms with Gasteiger partial charge in [-0.15, -0.1) is 11.3 Å². The molecule has 1 heterocycles. The van der Waals surface area contributed by atoms with Gasteiger partial charge in [0.2, 0.25) is 0 Å². The Morgan fingerprint density at radius 1 is 1.47 bits per heavy atom. The first-order valence-corrected chi connectivity index (χ1v) is 7.89. The molecule has 0 radical (unpaired) electrons. The van der Waals surface area contributed by atoms with Crippen LogP contribution in [0.25, 0.3) is 0 Å². The van der Waals surface area contributed by atoms with Crippen molar-refractivity contribution in [1.82, 2.24) is 5.32 Å². The van der Waals surface area contributed by atoms with Gasteiger partial charge >= 0.3 is 0 Å². The zero-order valence-corrected chi connectivity index (χ0v) is 12.4. The van der Waals surface area contributed by atoms with Crippen molar-refractivity contribution in [3.8, 4) is 0 Å². The SMILES string of the molecule is CC(NC(=O)c1csc(Br)c1)C1CCCCC1. The van der Waals surface area contributed by atoms with Crippen LogP contribution in [0.3, 0.4) is 0 Å². The van der Waals surface area contributed by atoms with Crippen LogP contribution < -0.4 is 5.32 Å². The van der Waals surface area contributed by atoms with Crippen molar-refractivity contribution in [3.05, 3.63) is 20.8 Å². The molecule has 2 rings (SSSR count). The molecule has 0 aliphatic heterocycles. The third kappa shape index (κ3) is 3.55. The average molecular weight is 316 g/mol. The number of carbonyl (C=O) groups is 1. The summed E-state index contributed by atoms with van der Waals surface area (Å²) in [6.07, 6.45) is 6.50. The molecule has 17 heavy (non-hydrogen) atoms. The summed E-state index contributed by atoms with van der Waals surface area (Å²) in [5.74, 6) is 0.722. The Morgan fingerprint density at radius 2 is 2.18 bits per heavy atom. The first kappa shape index (κ1) is 13.1. The molecule has 1 amide bonds. The average Bonchev–Trinajstić information content (AvgIpc) is 2.77. The fourth-order valence-electron chi connectivity index (χ4n) is 2.47. The molecular formula is C13H18BrNOS. The zero-order valence-electron chi connectivity index (χ0n) is 10.0. The normalized spacial score (nSPS) is 18.9. The van der Waals surface area contributed by atoms with E-state index < -0.39 is 0 Å². The van der Waals surface area contributed by atoms with E-state index in [2.05, 4.69) is 28.2 Å². The summed E-state index contributed by atoms with van der Waals surface area (Å²) in [7, 11) is 0. The summed E-state index contributed by atoms with van der Waals surface area (Å²) >= 11 is 4.93. The van der Waals surface area contributed by atoms with Crippen molar-refractivity contribution in [2.75, 3.05) is 0 Å². The van der Waals surface area contributed by atoms with Crippen LogP contribution in [0.2, 0.25) is 0 Å². The molecular weight excluding hydrogens is 298 g/mol. The van der Waals surface area contributed by atoms with Gasteiger partial charge in [-0.1, -0.05) is 19.3 Å². The van der Waals surface area contributed by atoms with E-state index in [4.69, 9.17) is 0 Å². The lowest BCUT2D eigenvalue weighted by Gasteiger charge is -2.28. The molecule has 1 saturated carbocycles. The number of rotatable bonds is 3. The highest BCUT2D eigenvalue weighted by Crippen LogP contribution is 2.27. The van der Waals surface area contributed by atoms with Crippen LogP contribution in [0.4, 0.5) is 0 Å². The Kier molecular flexibility index (Phi) is 4.62. The third-order valence-electron chi connectivity index (χ3n) is 3.55. The van der Waals surface area contributed by atoms with Crippen molar-refractivity contribution < 1.29 is 4.79 Å². The van der Waals surface area contributed by atoms with Crippen LogP contribution in [0.1, 0.15) is 49.4 Å². The molecule has 94 valence electrons. The van der Waals surface area contributed by atoms with Crippen LogP contribution in [0.15, 0.2) is 15.2 Å². The van der Waals surface area contributed by atoms with E-state index in [-0.39, 0.29) is 5.91 Å². The van der Waals surface area contributed by atoms with Crippen LogP contribution in [-0.2, 0) is 0 Å². The molecule has 1 atom stereocenters. The second-order valence-corrected chi connectivity index (χ2v) is 7.09. The maximum Gasteiger partial charge on any atom is 0.252 e. The molecule has 1 fully saturated rings. The Bertz CT molecular complexity index is 385. The van der Waals surface area contributed by atoms with Gasteiger partial charge in [-0.3, -0.25) is 4.79 Å². The lowest BCUT2D eigenvalue weighted by atomic mass is 9.84. The van der Waals surface area contributed by atoms with E-state index in [1.165, 1.54) is 32.1 Å². The van der Waals surface area contributed by atoms with Gasteiger partial charge in [0.15, 0.2) is 0 Å². The minimum absolute atomic E-state index is 0.0602. The van der Waals surface area contributed by atoms with Crippen molar-refractivity contribution in [2.24, 2.45) is 5.92 Å². The predicted octanol–water partition coefficient (Wildman–Crippen LogP) is 4.21. The highest BCUT2D eigenvalue weighted by atomic mass is 79.9. The Balaban J connectivity index is 1.89. The van der Waals surface area contributed by atoms with Gasteiger partial charge in [0, 0.05) is 11.4 Å². The second-order valence-electron chi connectivity index (χ2n) is 4.80. The van der Waals surface area contributed by atoms with Crippen molar-refractivity contribution in [1.29, 1.82) is 0 Å². The molecule has 0 spiro atoms. The zero-order chi connectivity index (χ0) is 12.3. The minimum Gasteiger partial charge on any atom is -0.349 e. The molecule has 0 bridgehead atoms. The summed E-state index contributed by atoms with van der Waals surface area (Å²) in [6.45, 7) is 2.13. The van der Waals surface area contributed by atoms with E-state index in [9.17, 15) is 4.79 Å². The molecule has 2 nitrogen and oxygen atoms in total. The fourth-order valence-corrected chi connectivity index (χ4v) is 3.61. The maximum atomic E-state index is 12.0. The van der Waals surface area contributed by atoms with E-state index in [1.54, 1.807) is 11.3 Å². The standard InChI is InChI=1S/C13H18BrNOS/c1-9(10-5-3-2-4-6-10)15-13(16)11-7-12(14)17-8-11/h7-10H,2-6H2,1H3,(H,15,16). The van der Waals surface area contributed by atoms with Crippen LogP contribution in [0, 0.1) is 5.92 Å². The number of hydrogen-bond acceptors (Lipinski definition) is 2. The molecule has 0 aromatic carbocycles. The third-order valence-corrected chi connectivity index (χ3v) is 5.05. The number of carbonyl (C=O) groups excluding carboxylic acids is 1. The van der Waals surface area contributed by atoms with E-state index in [0.717, 1.165) is 9.35 Å². The number of nitrogens with one attached hydrogen (secondary N) is 1. The quantitative estimate of drug-likeness (QED) is 0.889. The van der Waals surface area contributed by atoms with E-state index in [0.29, 0.717) is 12.0 Å². The Hall–Kier alpha value is -0.350. The Labute approximate surface area is 115 Å². The van der Waals surface area contributed by atoms with Gasteiger partial charge in [0.05, 0.1) is 9.35 Å². The van der Waals surface area contributed by atoms with E-state index >= 15 is 0 Å². The molecule has 1 aromatic heterocycles. The highest BCUT2D eigenvalue weighted by molar-refractivity contribution is 9.11. The van der Waals surface area contributed by atoms with E-state index in [1.807, 2.05) is 11.4 Å². The van der Waals surface area contributed by atoms with Crippen molar-refractivity contribution >= 4 is 33.2 Å². The molecule has 1 aliphatic carbocycles. The lowest BCUT2D eigenvalue weighted by Crippen LogP contribution is -2.38. The molecule has 0 saturated heterocycles. The second kappa shape index (κ2) is 6.01. The van der Waals surface area contributed by atoms with Gasteiger partial charge in [-0.05, 0) is 47.7 Å². The van der Waals surface area contributed by atoms with Crippen LogP contribution in [0.5, 0.6) is 0 Å². The molecule has 1 unspecified atom stereocenters. The first-order valence-electron chi connectivity index (χ1n) is 6.21. The number of hydrogen-bond donors (Lipinski definition) is 1. The monoisotopic (exact) mass is 315 g/mol. The minimum atomic E-state index is 0.0602. The fraction of sp³-hybridized carbons (Fsp3) is 0.615. The molecule has 1 N–H and O–H groups in total. The van der Waals surface area contributed by atoms with Gasteiger partial charge < -0.3 is 5.32 Å². The van der Waals surface area contributed by atoms with Gasteiger partial charge in [0.25, 0.3) is 5.91 Å². The maximum absolute atomic E-state index is 12.0. The highest BCUT2D eigenvalue weighted by Gasteiger charge is 2.22. The summed E-state index contributed by atoms with van der Waals surface area (Å²) in [6, 6.07) is 2.18. The summed E-state index contributed by atoms with van der Waals surface area (Å²) in [5, 5.41) is 5.02. The predicted molar refractivity (Wildman–Crippen MR) is 75.5 cm³/mol.